The van der Waals surface area contributed by atoms with E-state index in [-0.39, 0.29) is 48.8 Å². The average molecular weight is 582 g/mol. The summed E-state index contributed by atoms with van der Waals surface area (Å²) in [6, 6.07) is 11.4. The highest BCUT2D eigenvalue weighted by molar-refractivity contribution is 7.92. The van der Waals surface area contributed by atoms with Crippen LogP contribution in [0.4, 0.5) is 5.69 Å². The van der Waals surface area contributed by atoms with Gasteiger partial charge in [-0.25, -0.2) is 8.42 Å². The van der Waals surface area contributed by atoms with Crippen LogP contribution in [-0.2, 0) is 26.2 Å². The normalized spacial score (nSPS) is 12.8. The smallest absolute Gasteiger partial charge is 0.243 e. The van der Waals surface area contributed by atoms with Crippen LogP contribution >= 0.6 is 11.6 Å². The van der Waals surface area contributed by atoms with Gasteiger partial charge in [0.15, 0.2) is 0 Å². The molecule has 0 fully saturated rings. The molecule has 0 aliphatic carbocycles. The number of sulfonamides is 1. The van der Waals surface area contributed by atoms with Crippen molar-refractivity contribution in [2.75, 3.05) is 31.3 Å². The van der Waals surface area contributed by atoms with Crippen LogP contribution in [0.5, 0.6) is 11.5 Å². The highest BCUT2D eigenvalue weighted by Crippen LogP contribution is 2.30. The van der Waals surface area contributed by atoms with Gasteiger partial charge in [0.05, 0.1) is 31.2 Å². The molecule has 0 radical (unpaired) electrons. The zero-order chi connectivity index (χ0) is 29.2. The molecule has 0 saturated carbocycles. The Morgan fingerprint density at radius 2 is 1.69 bits per heavy atom. The molecule has 9 nitrogen and oxygen atoms in total. The van der Waals surface area contributed by atoms with Crippen molar-refractivity contribution in [3.05, 3.63) is 53.1 Å². The fourth-order valence-corrected chi connectivity index (χ4v) is 5.31. The molecule has 0 saturated heterocycles. The number of methoxy groups -OCH3 is 2. The molecule has 2 amide bonds. The van der Waals surface area contributed by atoms with Gasteiger partial charge in [-0.15, -0.1) is 0 Å². The Balaban J connectivity index is 2.25. The average Bonchev–Trinajstić information content (AvgIpc) is 2.90. The second-order valence-electron chi connectivity index (χ2n) is 9.37. The number of benzene rings is 2. The number of carbonyl (C=O) groups is 2. The van der Waals surface area contributed by atoms with Gasteiger partial charge in [-0.05, 0) is 62.1 Å². The fraction of sp³-hybridized carbons (Fsp3) is 0.500. The van der Waals surface area contributed by atoms with Crippen LogP contribution in [-0.4, -0.2) is 64.2 Å². The Hall–Kier alpha value is -2.98. The third kappa shape index (κ3) is 9.32. The van der Waals surface area contributed by atoms with E-state index < -0.39 is 16.1 Å². The fourth-order valence-electron chi connectivity index (χ4n) is 4.10. The summed E-state index contributed by atoms with van der Waals surface area (Å²) >= 11 is 6.22. The van der Waals surface area contributed by atoms with Crippen molar-refractivity contribution >= 4 is 39.1 Å². The molecule has 2 rings (SSSR count). The molecule has 39 heavy (non-hydrogen) atoms. The predicted molar refractivity (Wildman–Crippen MR) is 155 cm³/mol. The van der Waals surface area contributed by atoms with Gasteiger partial charge in [0, 0.05) is 25.6 Å². The van der Waals surface area contributed by atoms with E-state index in [0.29, 0.717) is 23.6 Å². The molecule has 0 aliphatic heterocycles. The molecule has 216 valence electrons. The van der Waals surface area contributed by atoms with Gasteiger partial charge in [-0.3, -0.25) is 13.9 Å². The molecule has 2 aromatic carbocycles. The monoisotopic (exact) mass is 581 g/mol. The van der Waals surface area contributed by atoms with Crippen LogP contribution in [0.15, 0.2) is 42.5 Å². The van der Waals surface area contributed by atoms with E-state index in [0.717, 1.165) is 18.2 Å². The molecule has 0 aliphatic rings. The standard InChI is InChI=1S/C28H40ClN3O6S/c1-7-20(3)30-28(34)25(8-2)31(19-21-11-14-23(37-4)15-12-21)27(33)10-9-17-32(39(6,35)36)22-13-16-26(38-5)24(29)18-22/h11-16,18,20,25H,7-10,17,19H2,1-6H3,(H,30,34)/t20-,25-/m1/s1. The van der Waals surface area contributed by atoms with Crippen molar-refractivity contribution in [3.63, 3.8) is 0 Å². The number of hydrogen-bond acceptors (Lipinski definition) is 6. The number of carbonyl (C=O) groups excluding carboxylic acids is 2. The Morgan fingerprint density at radius 3 is 2.21 bits per heavy atom. The molecular formula is C28H40ClN3O6S. The lowest BCUT2D eigenvalue weighted by molar-refractivity contribution is -0.141. The molecule has 2 aromatic rings. The van der Waals surface area contributed by atoms with Crippen LogP contribution in [0.25, 0.3) is 0 Å². The first-order valence-electron chi connectivity index (χ1n) is 13.0. The number of amides is 2. The Morgan fingerprint density at radius 1 is 1.03 bits per heavy atom. The summed E-state index contributed by atoms with van der Waals surface area (Å²) in [4.78, 5) is 28.3. The van der Waals surface area contributed by atoms with Crippen molar-refractivity contribution in [2.45, 2.75) is 65.1 Å². The highest BCUT2D eigenvalue weighted by Gasteiger charge is 2.29. The number of rotatable bonds is 15. The van der Waals surface area contributed by atoms with Gasteiger partial charge in [0.2, 0.25) is 21.8 Å². The van der Waals surface area contributed by atoms with E-state index in [1.54, 1.807) is 24.1 Å². The molecular weight excluding hydrogens is 542 g/mol. The quantitative estimate of drug-likeness (QED) is 0.329. The summed E-state index contributed by atoms with van der Waals surface area (Å²) in [6.45, 7) is 6.08. The summed E-state index contributed by atoms with van der Waals surface area (Å²) in [6.07, 6.45) is 2.61. The lowest BCUT2D eigenvalue weighted by atomic mass is 10.1. The topological polar surface area (TPSA) is 105 Å². The molecule has 1 N–H and O–H groups in total. The van der Waals surface area contributed by atoms with E-state index in [1.165, 1.54) is 17.5 Å². The first-order valence-corrected chi connectivity index (χ1v) is 15.2. The van der Waals surface area contributed by atoms with Gasteiger partial charge < -0.3 is 19.7 Å². The zero-order valence-electron chi connectivity index (χ0n) is 23.6. The van der Waals surface area contributed by atoms with Gasteiger partial charge in [-0.2, -0.15) is 0 Å². The van der Waals surface area contributed by atoms with Crippen molar-refractivity contribution in [1.82, 2.24) is 10.2 Å². The molecule has 0 spiro atoms. The Kier molecular flexibility index (Phi) is 12.4. The number of hydrogen-bond donors (Lipinski definition) is 1. The van der Waals surface area contributed by atoms with Crippen molar-refractivity contribution in [2.24, 2.45) is 0 Å². The summed E-state index contributed by atoms with van der Waals surface area (Å²) in [5.74, 6) is 0.676. The number of anilines is 1. The third-order valence-corrected chi connectivity index (χ3v) is 7.96. The largest absolute Gasteiger partial charge is 0.497 e. The number of halogens is 1. The van der Waals surface area contributed by atoms with Gasteiger partial charge in [0.25, 0.3) is 0 Å². The van der Waals surface area contributed by atoms with Crippen molar-refractivity contribution in [1.29, 1.82) is 0 Å². The number of nitrogens with one attached hydrogen (secondary N) is 1. The minimum absolute atomic E-state index is 0.0240. The zero-order valence-corrected chi connectivity index (χ0v) is 25.1. The Bertz CT molecular complexity index is 1210. The maximum absolute atomic E-state index is 13.6. The predicted octanol–water partition coefficient (Wildman–Crippen LogP) is 4.63. The third-order valence-electron chi connectivity index (χ3n) is 6.47. The van der Waals surface area contributed by atoms with E-state index in [2.05, 4.69) is 5.32 Å². The molecule has 0 unspecified atom stereocenters. The van der Waals surface area contributed by atoms with Crippen molar-refractivity contribution in [3.8, 4) is 11.5 Å². The van der Waals surface area contributed by atoms with Gasteiger partial charge >= 0.3 is 0 Å². The number of ether oxygens (including phenoxy) is 2. The van der Waals surface area contributed by atoms with E-state index >= 15 is 0 Å². The Labute approximate surface area is 237 Å². The maximum atomic E-state index is 13.6. The first-order chi connectivity index (χ1) is 18.4. The maximum Gasteiger partial charge on any atom is 0.243 e. The van der Waals surface area contributed by atoms with E-state index in [1.807, 2.05) is 45.0 Å². The highest BCUT2D eigenvalue weighted by atomic mass is 35.5. The lowest BCUT2D eigenvalue weighted by Gasteiger charge is -2.32. The second kappa shape index (κ2) is 15.0. The summed E-state index contributed by atoms with van der Waals surface area (Å²) in [7, 11) is -0.588. The van der Waals surface area contributed by atoms with Crippen LogP contribution in [0.1, 0.15) is 52.0 Å². The summed E-state index contributed by atoms with van der Waals surface area (Å²) in [5.41, 5.74) is 1.23. The van der Waals surface area contributed by atoms with Crippen molar-refractivity contribution < 1.29 is 27.5 Å². The van der Waals surface area contributed by atoms with Crippen LogP contribution < -0.4 is 19.1 Å². The molecule has 0 bridgehead atoms. The summed E-state index contributed by atoms with van der Waals surface area (Å²) in [5, 5.41) is 3.27. The molecule has 0 aromatic heterocycles. The van der Waals surface area contributed by atoms with Crippen LogP contribution in [0, 0.1) is 0 Å². The van der Waals surface area contributed by atoms with Gasteiger partial charge in [0.1, 0.15) is 17.5 Å². The number of nitrogens with zero attached hydrogens (tertiary/aromatic N) is 2. The summed E-state index contributed by atoms with van der Waals surface area (Å²) < 4.78 is 36.7. The minimum atomic E-state index is -3.65. The molecule has 0 heterocycles. The van der Waals surface area contributed by atoms with E-state index in [4.69, 9.17) is 21.1 Å². The van der Waals surface area contributed by atoms with Crippen LogP contribution in [0.2, 0.25) is 5.02 Å². The van der Waals surface area contributed by atoms with Gasteiger partial charge in [-0.1, -0.05) is 37.6 Å². The minimum Gasteiger partial charge on any atom is -0.497 e. The van der Waals surface area contributed by atoms with Crippen LogP contribution in [0.3, 0.4) is 0 Å². The second-order valence-corrected chi connectivity index (χ2v) is 11.7. The molecule has 11 heteroatoms. The molecule has 2 atom stereocenters. The van der Waals surface area contributed by atoms with E-state index in [9.17, 15) is 18.0 Å². The SMILES string of the molecule is CC[C@@H](C)NC(=O)[C@@H](CC)N(Cc1ccc(OC)cc1)C(=O)CCCN(c1ccc(OC)c(Cl)c1)S(C)(=O)=O. The first kappa shape index (κ1) is 32.2. The lowest BCUT2D eigenvalue weighted by Crippen LogP contribution is -2.50.